The highest BCUT2D eigenvalue weighted by atomic mass is 16.4. The molecule has 1 amide bonds. The Hall–Kier alpha value is -1.10. The molecule has 1 saturated heterocycles. The molecule has 98 valence electrons. The summed E-state index contributed by atoms with van der Waals surface area (Å²) in [5.74, 6) is -0.765. The number of aliphatic carboxylic acids is 1. The summed E-state index contributed by atoms with van der Waals surface area (Å²) in [5, 5.41) is 8.74. The fraction of sp³-hybridized carbons (Fsp3) is 0.833. The van der Waals surface area contributed by atoms with Crippen LogP contribution in [0, 0.1) is 0 Å². The van der Waals surface area contributed by atoms with Crippen molar-refractivity contribution in [1.82, 2.24) is 9.80 Å². The molecule has 5 nitrogen and oxygen atoms in total. The summed E-state index contributed by atoms with van der Waals surface area (Å²) >= 11 is 0. The van der Waals surface area contributed by atoms with Gasteiger partial charge < -0.3 is 10.0 Å². The van der Waals surface area contributed by atoms with Gasteiger partial charge in [0.05, 0.1) is 6.04 Å². The van der Waals surface area contributed by atoms with Gasteiger partial charge in [0.25, 0.3) is 0 Å². The molecule has 1 rings (SSSR count). The molecular weight excluding hydrogens is 220 g/mol. The maximum Gasteiger partial charge on any atom is 0.303 e. The van der Waals surface area contributed by atoms with Gasteiger partial charge in [0.1, 0.15) is 0 Å². The highest BCUT2D eigenvalue weighted by Crippen LogP contribution is 2.15. The van der Waals surface area contributed by atoms with Crippen molar-refractivity contribution in [3.05, 3.63) is 0 Å². The molecule has 5 heteroatoms. The average Bonchev–Trinajstić information content (AvgIpc) is 2.39. The van der Waals surface area contributed by atoms with Gasteiger partial charge in [-0.1, -0.05) is 6.92 Å². The Morgan fingerprint density at radius 3 is 2.76 bits per heavy atom. The summed E-state index contributed by atoms with van der Waals surface area (Å²) < 4.78 is 0. The average molecular weight is 242 g/mol. The van der Waals surface area contributed by atoms with Crippen LogP contribution in [0.25, 0.3) is 0 Å². The van der Waals surface area contributed by atoms with E-state index in [1.807, 2.05) is 0 Å². The Morgan fingerprint density at radius 1 is 1.47 bits per heavy atom. The van der Waals surface area contributed by atoms with Crippen LogP contribution in [-0.4, -0.2) is 59.5 Å². The lowest BCUT2D eigenvalue weighted by molar-refractivity contribution is -0.138. The van der Waals surface area contributed by atoms with Crippen LogP contribution in [0.5, 0.6) is 0 Å². The van der Waals surface area contributed by atoms with Crippen molar-refractivity contribution in [3.8, 4) is 0 Å². The molecule has 0 radical (unpaired) electrons. The first-order valence-electron chi connectivity index (χ1n) is 6.27. The van der Waals surface area contributed by atoms with Crippen LogP contribution in [0.1, 0.15) is 32.6 Å². The molecule has 0 spiro atoms. The number of likely N-dealkylation sites (N-methyl/N-ethyl adjacent to an activating group) is 1. The van der Waals surface area contributed by atoms with Gasteiger partial charge in [-0.05, 0) is 25.8 Å². The van der Waals surface area contributed by atoms with Gasteiger partial charge in [0.2, 0.25) is 5.91 Å². The molecule has 1 fully saturated rings. The Labute approximate surface area is 102 Å². The molecule has 0 aromatic carbocycles. The molecule has 0 aliphatic carbocycles. The second kappa shape index (κ2) is 6.59. The first-order valence-corrected chi connectivity index (χ1v) is 6.27. The number of rotatable bonds is 5. The third-order valence-corrected chi connectivity index (χ3v) is 3.18. The number of hydrogen-bond donors (Lipinski definition) is 1. The van der Waals surface area contributed by atoms with Crippen LogP contribution in [0.15, 0.2) is 0 Å². The second-order valence-corrected chi connectivity index (χ2v) is 4.60. The maximum absolute atomic E-state index is 12.1. The number of carboxylic acid groups (broad SMARTS) is 1. The summed E-state index contributed by atoms with van der Waals surface area (Å²) in [5.41, 5.74) is 0. The van der Waals surface area contributed by atoms with Crippen LogP contribution in [-0.2, 0) is 9.59 Å². The largest absolute Gasteiger partial charge is 0.481 e. The van der Waals surface area contributed by atoms with Crippen molar-refractivity contribution in [2.45, 2.75) is 38.6 Å². The quantitative estimate of drug-likeness (QED) is 0.774. The molecule has 1 unspecified atom stereocenters. The molecule has 1 aliphatic heterocycles. The fourth-order valence-corrected chi connectivity index (χ4v) is 2.31. The summed E-state index contributed by atoms with van der Waals surface area (Å²) in [6.07, 6.45) is 2.43. The van der Waals surface area contributed by atoms with E-state index in [9.17, 15) is 9.59 Å². The normalized spacial score (nSPS) is 22.6. The zero-order valence-corrected chi connectivity index (χ0v) is 10.7. The van der Waals surface area contributed by atoms with E-state index in [0.29, 0.717) is 6.42 Å². The molecule has 1 heterocycles. The first-order chi connectivity index (χ1) is 8.06. The summed E-state index contributed by atoms with van der Waals surface area (Å²) in [7, 11) is 1.80. The van der Waals surface area contributed by atoms with Crippen molar-refractivity contribution in [2.24, 2.45) is 0 Å². The highest BCUT2D eigenvalue weighted by molar-refractivity contribution is 5.82. The van der Waals surface area contributed by atoms with Gasteiger partial charge in [0.15, 0.2) is 0 Å². The number of carbonyl (C=O) groups is 2. The van der Waals surface area contributed by atoms with Crippen LogP contribution in [0.4, 0.5) is 0 Å². The van der Waals surface area contributed by atoms with Crippen LogP contribution >= 0.6 is 0 Å². The molecule has 1 atom stereocenters. The lowest BCUT2D eigenvalue weighted by Crippen LogP contribution is -2.45. The molecule has 1 aliphatic rings. The molecule has 0 bridgehead atoms. The zero-order valence-electron chi connectivity index (χ0n) is 10.7. The molecule has 0 aromatic heterocycles. The maximum atomic E-state index is 12.1. The van der Waals surface area contributed by atoms with Crippen molar-refractivity contribution >= 4 is 11.9 Å². The Balaban J connectivity index is 2.71. The minimum atomic E-state index is -0.832. The predicted octanol–water partition coefficient (Wildman–Crippen LogP) is 0.794. The topological polar surface area (TPSA) is 60.9 Å². The first kappa shape index (κ1) is 14.0. The van der Waals surface area contributed by atoms with Gasteiger partial charge in [-0.3, -0.25) is 14.5 Å². The van der Waals surface area contributed by atoms with Gasteiger partial charge >= 0.3 is 5.97 Å². The molecule has 1 N–H and O–H groups in total. The van der Waals surface area contributed by atoms with E-state index in [1.54, 1.807) is 11.9 Å². The number of nitrogens with zero attached hydrogens (tertiary/aromatic N) is 2. The zero-order chi connectivity index (χ0) is 12.8. The molecule has 0 aromatic rings. The third-order valence-electron chi connectivity index (χ3n) is 3.18. The van der Waals surface area contributed by atoms with Crippen molar-refractivity contribution in [2.75, 3.05) is 26.7 Å². The fourth-order valence-electron chi connectivity index (χ4n) is 2.31. The molecule has 17 heavy (non-hydrogen) atoms. The third kappa shape index (κ3) is 4.00. The lowest BCUT2D eigenvalue weighted by Gasteiger charge is -2.29. The van der Waals surface area contributed by atoms with E-state index in [1.165, 1.54) is 0 Å². The van der Waals surface area contributed by atoms with E-state index in [0.717, 1.165) is 32.5 Å². The summed E-state index contributed by atoms with van der Waals surface area (Å²) in [4.78, 5) is 26.6. The second-order valence-electron chi connectivity index (χ2n) is 4.60. The van der Waals surface area contributed by atoms with E-state index >= 15 is 0 Å². The number of hydrogen-bond acceptors (Lipinski definition) is 3. The van der Waals surface area contributed by atoms with E-state index in [4.69, 9.17) is 5.11 Å². The van der Waals surface area contributed by atoms with Crippen LogP contribution < -0.4 is 0 Å². The Morgan fingerprint density at radius 2 is 2.18 bits per heavy atom. The van der Waals surface area contributed by atoms with Gasteiger partial charge in [0, 0.05) is 26.6 Å². The number of carboxylic acids is 1. The van der Waals surface area contributed by atoms with Gasteiger partial charge in [-0.25, -0.2) is 0 Å². The highest BCUT2D eigenvalue weighted by Gasteiger charge is 2.30. The Bertz CT molecular complexity index is 281. The van der Waals surface area contributed by atoms with Gasteiger partial charge in [-0.15, -0.1) is 0 Å². The smallest absolute Gasteiger partial charge is 0.303 e. The van der Waals surface area contributed by atoms with Crippen molar-refractivity contribution < 1.29 is 14.7 Å². The SMILES string of the molecule is CCCN1CCCN(C)C(=O)C1CCC(=O)O. The standard InChI is InChI=1S/C12H22N2O3/c1-3-7-14-9-4-8-13(2)12(17)10(14)5-6-11(15)16/h10H,3-9H2,1-2H3,(H,15,16). The van der Waals surface area contributed by atoms with Gasteiger partial charge in [-0.2, -0.15) is 0 Å². The summed E-state index contributed by atoms with van der Waals surface area (Å²) in [6.45, 7) is 4.59. The van der Waals surface area contributed by atoms with Crippen molar-refractivity contribution in [3.63, 3.8) is 0 Å². The number of carbonyl (C=O) groups excluding carboxylic acids is 1. The van der Waals surface area contributed by atoms with Crippen LogP contribution in [0.3, 0.4) is 0 Å². The minimum absolute atomic E-state index is 0.0600. The predicted molar refractivity (Wildman–Crippen MR) is 64.8 cm³/mol. The monoisotopic (exact) mass is 242 g/mol. The van der Waals surface area contributed by atoms with E-state index in [2.05, 4.69) is 11.8 Å². The van der Waals surface area contributed by atoms with Crippen molar-refractivity contribution in [1.29, 1.82) is 0 Å². The lowest BCUT2D eigenvalue weighted by atomic mass is 10.1. The molecule has 0 saturated carbocycles. The molecular formula is C12H22N2O3. The number of amides is 1. The Kier molecular flexibility index (Phi) is 5.41. The van der Waals surface area contributed by atoms with E-state index in [-0.39, 0.29) is 18.4 Å². The van der Waals surface area contributed by atoms with E-state index < -0.39 is 5.97 Å². The minimum Gasteiger partial charge on any atom is -0.481 e. The van der Waals surface area contributed by atoms with Crippen LogP contribution in [0.2, 0.25) is 0 Å². The summed E-state index contributed by atoms with van der Waals surface area (Å²) in [6, 6.07) is -0.251.